The van der Waals surface area contributed by atoms with E-state index in [1.165, 1.54) is 22.3 Å². The molecule has 0 unspecified atom stereocenters. The summed E-state index contributed by atoms with van der Waals surface area (Å²) in [5.41, 5.74) is 6.13. The molecule has 3 aromatic rings. The summed E-state index contributed by atoms with van der Waals surface area (Å²) in [6, 6.07) is 20.0. The van der Waals surface area contributed by atoms with E-state index in [0.29, 0.717) is 31.6 Å². The van der Waals surface area contributed by atoms with Gasteiger partial charge in [-0.15, -0.1) is 0 Å². The number of carbonyl (C=O) groups is 2. The third-order valence-electron chi connectivity index (χ3n) is 5.16. The fourth-order valence-corrected chi connectivity index (χ4v) is 3.71. The van der Waals surface area contributed by atoms with Crippen LogP contribution in [0.1, 0.15) is 39.5 Å². The summed E-state index contributed by atoms with van der Waals surface area (Å²) in [5, 5.41) is 2.78. The second-order valence-electron chi connectivity index (χ2n) is 7.08. The van der Waals surface area contributed by atoms with Gasteiger partial charge in [0.25, 0.3) is 0 Å². The largest absolute Gasteiger partial charge is 0.449 e. The van der Waals surface area contributed by atoms with Crippen molar-refractivity contribution in [1.82, 2.24) is 10.3 Å². The van der Waals surface area contributed by atoms with Crippen LogP contribution in [0.4, 0.5) is 4.79 Å². The molecule has 1 aliphatic rings. The van der Waals surface area contributed by atoms with Crippen LogP contribution in [0.3, 0.4) is 0 Å². The van der Waals surface area contributed by atoms with Crippen LogP contribution in [0.15, 0.2) is 72.9 Å². The van der Waals surface area contributed by atoms with Crippen molar-refractivity contribution in [2.45, 2.75) is 12.3 Å². The van der Waals surface area contributed by atoms with Crippen LogP contribution < -0.4 is 5.32 Å². The van der Waals surface area contributed by atoms with Crippen LogP contribution in [0.5, 0.6) is 0 Å². The number of aldehydes is 1. The van der Waals surface area contributed by atoms with Gasteiger partial charge in [0.05, 0.1) is 0 Å². The highest BCUT2D eigenvalue weighted by Gasteiger charge is 2.28. The third kappa shape index (κ3) is 4.30. The first-order valence-corrected chi connectivity index (χ1v) is 9.93. The summed E-state index contributed by atoms with van der Waals surface area (Å²) in [4.78, 5) is 26.7. The molecule has 1 aliphatic carbocycles. The summed E-state index contributed by atoms with van der Waals surface area (Å²) >= 11 is 0. The molecule has 1 N–H and O–H groups in total. The minimum absolute atomic E-state index is 0.0601. The van der Waals surface area contributed by atoms with E-state index in [9.17, 15) is 9.59 Å². The minimum atomic E-state index is -0.415. The Morgan fingerprint density at radius 1 is 1.00 bits per heavy atom. The Hall–Kier alpha value is -3.73. The Labute approximate surface area is 175 Å². The quantitative estimate of drug-likeness (QED) is 0.457. The molecule has 0 radical (unpaired) electrons. The number of fused-ring (bicyclic) bond motifs is 3. The van der Waals surface area contributed by atoms with Crippen molar-refractivity contribution in [2.75, 3.05) is 13.2 Å². The fourth-order valence-electron chi connectivity index (χ4n) is 3.71. The lowest BCUT2D eigenvalue weighted by atomic mass is 9.98. The Balaban J connectivity index is 1.26. The molecule has 1 amide bonds. The van der Waals surface area contributed by atoms with Crippen molar-refractivity contribution < 1.29 is 14.3 Å². The lowest BCUT2D eigenvalue weighted by Crippen LogP contribution is -2.26. The molecule has 0 aliphatic heterocycles. The summed E-state index contributed by atoms with van der Waals surface area (Å²) < 4.78 is 5.51. The molecular weight excluding hydrogens is 376 g/mol. The lowest BCUT2D eigenvalue weighted by Gasteiger charge is -2.14. The zero-order valence-corrected chi connectivity index (χ0v) is 16.5. The number of alkyl carbamates (subject to hydrolysis) is 1. The van der Waals surface area contributed by atoms with E-state index in [1.807, 2.05) is 42.5 Å². The average molecular weight is 398 g/mol. The molecule has 0 atom stereocenters. The van der Waals surface area contributed by atoms with Gasteiger partial charge in [0, 0.05) is 18.7 Å². The topological polar surface area (TPSA) is 68.3 Å². The van der Waals surface area contributed by atoms with Crippen LogP contribution in [0, 0.1) is 0 Å². The number of hydrogen-bond acceptors (Lipinski definition) is 4. The molecule has 5 heteroatoms. The zero-order chi connectivity index (χ0) is 20.8. The number of pyridine rings is 1. The highest BCUT2D eigenvalue weighted by atomic mass is 16.5. The van der Waals surface area contributed by atoms with Crippen molar-refractivity contribution in [1.29, 1.82) is 0 Å². The standard InChI is InChI=1S/C25H22N2O3/c28-16-19-13-12-18(15-27-19)7-5-6-14-26-25(29)30-17-24-22-10-3-1-8-20(22)21-9-2-4-11-23(21)24/h1-5,7-13,15-16,24H,6,14,17H2,(H,26,29). The summed E-state index contributed by atoms with van der Waals surface area (Å²) in [6.07, 6.45) is 6.45. The maximum Gasteiger partial charge on any atom is 0.407 e. The number of aromatic nitrogens is 1. The van der Waals surface area contributed by atoms with Crippen LogP contribution in [0.25, 0.3) is 17.2 Å². The van der Waals surface area contributed by atoms with Crippen molar-refractivity contribution in [3.63, 3.8) is 0 Å². The Morgan fingerprint density at radius 3 is 2.33 bits per heavy atom. The van der Waals surface area contributed by atoms with Crippen molar-refractivity contribution in [3.8, 4) is 11.1 Å². The molecule has 30 heavy (non-hydrogen) atoms. The highest BCUT2D eigenvalue weighted by Crippen LogP contribution is 2.44. The predicted molar refractivity (Wildman–Crippen MR) is 116 cm³/mol. The molecule has 0 saturated heterocycles. The number of ether oxygens (including phenoxy) is 1. The molecule has 5 nitrogen and oxygen atoms in total. The second kappa shape index (κ2) is 9.18. The molecule has 2 aromatic carbocycles. The zero-order valence-electron chi connectivity index (χ0n) is 16.5. The first-order valence-electron chi connectivity index (χ1n) is 9.93. The smallest absolute Gasteiger partial charge is 0.407 e. The normalized spacial score (nSPS) is 12.4. The maximum atomic E-state index is 12.1. The molecule has 4 rings (SSSR count). The number of amides is 1. The molecule has 0 saturated carbocycles. The molecule has 150 valence electrons. The summed E-state index contributed by atoms with van der Waals surface area (Å²) in [7, 11) is 0. The molecule has 1 heterocycles. The van der Waals surface area contributed by atoms with E-state index in [4.69, 9.17) is 4.74 Å². The van der Waals surface area contributed by atoms with Gasteiger partial charge in [-0.25, -0.2) is 4.79 Å². The van der Waals surface area contributed by atoms with Gasteiger partial charge in [0.1, 0.15) is 12.3 Å². The predicted octanol–water partition coefficient (Wildman–Crippen LogP) is 4.84. The van der Waals surface area contributed by atoms with Crippen LogP contribution >= 0.6 is 0 Å². The lowest BCUT2D eigenvalue weighted by molar-refractivity contribution is 0.111. The van der Waals surface area contributed by atoms with Crippen molar-refractivity contribution >= 4 is 18.5 Å². The van der Waals surface area contributed by atoms with Gasteiger partial charge >= 0.3 is 6.09 Å². The SMILES string of the molecule is O=Cc1ccc(C=CCCNC(=O)OCC2c3ccccc3-c3ccccc32)cn1. The van der Waals surface area contributed by atoms with Crippen LogP contribution in [-0.2, 0) is 4.74 Å². The number of benzene rings is 2. The van der Waals surface area contributed by atoms with Crippen molar-refractivity contribution in [3.05, 3.63) is 95.3 Å². The van der Waals surface area contributed by atoms with Gasteiger partial charge < -0.3 is 10.1 Å². The fraction of sp³-hybridized carbons (Fsp3) is 0.160. The van der Waals surface area contributed by atoms with E-state index in [0.717, 1.165) is 5.56 Å². The van der Waals surface area contributed by atoms with E-state index in [1.54, 1.807) is 12.3 Å². The number of hydrogen-bond donors (Lipinski definition) is 1. The van der Waals surface area contributed by atoms with Gasteiger partial charge in [0.2, 0.25) is 0 Å². The van der Waals surface area contributed by atoms with Crippen LogP contribution in [0.2, 0.25) is 0 Å². The van der Waals surface area contributed by atoms with E-state index < -0.39 is 6.09 Å². The highest BCUT2D eigenvalue weighted by molar-refractivity contribution is 5.79. The maximum absolute atomic E-state index is 12.1. The molecular formula is C25H22N2O3. The number of nitrogens with one attached hydrogen (secondary N) is 1. The van der Waals surface area contributed by atoms with E-state index in [2.05, 4.69) is 34.6 Å². The second-order valence-corrected chi connectivity index (χ2v) is 7.08. The van der Waals surface area contributed by atoms with Crippen molar-refractivity contribution in [2.24, 2.45) is 0 Å². The first-order chi connectivity index (χ1) is 14.8. The summed E-state index contributed by atoms with van der Waals surface area (Å²) in [6.45, 7) is 0.789. The molecule has 0 spiro atoms. The van der Waals surface area contributed by atoms with E-state index >= 15 is 0 Å². The number of rotatable bonds is 7. The Bertz CT molecular complexity index is 1030. The molecule has 0 bridgehead atoms. The first kappa shape index (κ1) is 19.6. The van der Waals surface area contributed by atoms with Gasteiger partial charge in [-0.2, -0.15) is 0 Å². The van der Waals surface area contributed by atoms with Gasteiger partial charge in [0.15, 0.2) is 6.29 Å². The Morgan fingerprint density at radius 2 is 1.70 bits per heavy atom. The minimum Gasteiger partial charge on any atom is -0.449 e. The Kier molecular flexibility index (Phi) is 5.99. The van der Waals surface area contributed by atoms with Gasteiger partial charge in [-0.3, -0.25) is 9.78 Å². The average Bonchev–Trinajstić information content (AvgIpc) is 3.12. The number of carbonyl (C=O) groups excluding carboxylic acids is 2. The monoisotopic (exact) mass is 398 g/mol. The van der Waals surface area contributed by atoms with E-state index in [-0.39, 0.29) is 5.92 Å². The molecule has 1 aromatic heterocycles. The van der Waals surface area contributed by atoms with Gasteiger partial charge in [-0.1, -0.05) is 66.7 Å². The molecule has 0 fully saturated rings. The summed E-state index contributed by atoms with van der Waals surface area (Å²) in [5.74, 6) is 0.0601. The number of nitrogens with zero attached hydrogens (tertiary/aromatic N) is 1. The van der Waals surface area contributed by atoms with Crippen LogP contribution in [-0.4, -0.2) is 30.5 Å². The third-order valence-corrected chi connectivity index (χ3v) is 5.16. The van der Waals surface area contributed by atoms with Gasteiger partial charge in [-0.05, 0) is 40.3 Å².